The molecule has 0 bridgehead atoms. The summed E-state index contributed by atoms with van der Waals surface area (Å²) in [7, 11) is 1.62. The molecule has 1 fully saturated rings. The molecule has 5 rings (SSSR count). The summed E-state index contributed by atoms with van der Waals surface area (Å²) < 4.78 is 17.4. The van der Waals surface area contributed by atoms with Crippen molar-refractivity contribution in [2.24, 2.45) is 0 Å². The summed E-state index contributed by atoms with van der Waals surface area (Å²) in [6.07, 6.45) is 4.21. The molecule has 3 aliphatic rings. The maximum Gasteiger partial charge on any atom is 0.231 e. The Labute approximate surface area is 158 Å². The summed E-state index contributed by atoms with van der Waals surface area (Å²) in [5, 5.41) is 0. The molecule has 0 aromatic heterocycles. The van der Waals surface area contributed by atoms with Crippen molar-refractivity contribution < 1.29 is 19.0 Å². The lowest BCUT2D eigenvalue weighted by Crippen LogP contribution is -2.34. The molecule has 0 radical (unpaired) electrons. The lowest BCUT2D eigenvalue weighted by Gasteiger charge is -2.30. The SMILES string of the molecule is COc1ccccc1C=C1Oc2c(cc3c(c2C)OCN(C2CC2)C3)C1=O. The van der Waals surface area contributed by atoms with Crippen molar-refractivity contribution >= 4 is 11.9 Å². The van der Waals surface area contributed by atoms with E-state index in [0.29, 0.717) is 35.6 Å². The second-order valence-corrected chi connectivity index (χ2v) is 7.30. The average Bonchev–Trinajstić information content (AvgIpc) is 3.49. The monoisotopic (exact) mass is 363 g/mol. The first-order valence-corrected chi connectivity index (χ1v) is 9.26. The zero-order valence-electron chi connectivity index (χ0n) is 15.5. The van der Waals surface area contributed by atoms with Crippen LogP contribution in [0.2, 0.25) is 0 Å². The summed E-state index contributed by atoms with van der Waals surface area (Å²) >= 11 is 0. The van der Waals surface area contributed by atoms with Gasteiger partial charge in [0.15, 0.2) is 5.76 Å². The minimum atomic E-state index is -0.0923. The van der Waals surface area contributed by atoms with E-state index in [1.54, 1.807) is 13.2 Å². The van der Waals surface area contributed by atoms with Gasteiger partial charge in [-0.25, -0.2) is 0 Å². The Balaban J connectivity index is 1.52. The minimum Gasteiger partial charge on any atom is -0.496 e. The van der Waals surface area contributed by atoms with Crippen LogP contribution in [-0.2, 0) is 6.54 Å². The Hall–Kier alpha value is -2.79. The van der Waals surface area contributed by atoms with Gasteiger partial charge in [-0.15, -0.1) is 0 Å². The molecular formula is C22H21NO4. The Bertz CT molecular complexity index is 975. The topological polar surface area (TPSA) is 48.0 Å². The fourth-order valence-corrected chi connectivity index (χ4v) is 3.87. The average molecular weight is 363 g/mol. The maximum absolute atomic E-state index is 13.0. The molecule has 2 aromatic carbocycles. The molecule has 5 nitrogen and oxygen atoms in total. The summed E-state index contributed by atoms with van der Waals surface area (Å²) in [5.41, 5.74) is 3.40. The zero-order chi connectivity index (χ0) is 18.5. The normalized spacial score (nSPS) is 20.1. The van der Waals surface area contributed by atoms with Crippen molar-refractivity contribution in [1.82, 2.24) is 4.90 Å². The zero-order valence-corrected chi connectivity index (χ0v) is 15.5. The van der Waals surface area contributed by atoms with E-state index in [-0.39, 0.29) is 5.78 Å². The van der Waals surface area contributed by atoms with E-state index < -0.39 is 0 Å². The van der Waals surface area contributed by atoms with E-state index in [1.807, 2.05) is 37.3 Å². The molecule has 2 aliphatic heterocycles. The number of ether oxygens (including phenoxy) is 3. The number of hydrogen-bond donors (Lipinski definition) is 0. The Morgan fingerprint density at radius 3 is 2.81 bits per heavy atom. The fourth-order valence-electron chi connectivity index (χ4n) is 3.87. The molecule has 2 heterocycles. The second-order valence-electron chi connectivity index (χ2n) is 7.30. The van der Waals surface area contributed by atoms with Gasteiger partial charge in [0.05, 0.1) is 12.7 Å². The number of Topliss-reactive ketones (excluding diaryl/α,β-unsaturated/α-hetero) is 1. The predicted molar refractivity (Wildman–Crippen MR) is 101 cm³/mol. The highest BCUT2D eigenvalue weighted by atomic mass is 16.5. The number of carbonyl (C=O) groups excluding carboxylic acids is 1. The van der Waals surface area contributed by atoms with Crippen LogP contribution in [-0.4, -0.2) is 30.6 Å². The first-order chi connectivity index (χ1) is 13.2. The highest BCUT2D eigenvalue weighted by Crippen LogP contribution is 2.44. The van der Waals surface area contributed by atoms with E-state index in [2.05, 4.69) is 4.90 Å². The van der Waals surface area contributed by atoms with Gasteiger partial charge >= 0.3 is 0 Å². The number of nitrogens with zero attached hydrogens (tertiary/aromatic N) is 1. The van der Waals surface area contributed by atoms with E-state index in [1.165, 1.54) is 12.8 Å². The largest absolute Gasteiger partial charge is 0.496 e. The summed E-state index contributed by atoms with van der Waals surface area (Å²) in [6, 6.07) is 10.1. The van der Waals surface area contributed by atoms with Gasteiger partial charge in [-0.1, -0.05) is 18.2 Å². The molecule has 0 atom stereocenters. The lowest BCUT2D eigenvalue weighted by atomic mass is 10.00. The maximum atomic E-state index is 13.0. The van der Waals surface area contributed by atoms with Crippen molar-refractivity contribution in [2.75, 3.05) is 13.8 Å². The van der Waals surface area contributed by atoms with Crippen LogP contribution < -0.4 is 14.2 Å². The van der Waals surface area contributed by atoms with E-state index in [0.717, 1.165) is 29.0 Å². The highest BCUT2D eigenvalue weighted by Gasteiger charge is 2.36. The van der Waals surface area contributed by atoms with Crippen LogP contribution in [0.1, 0.15) is 39.9 Å². The van der Waals surface area contributed by atoms with Crippen molar-refractivity contribution in [3.63, 3.8) is 0 Å². The molecule has 0 saturated heterocycles. The van der Waals surface area contributed by atoms with Crippen molar-refractivity contribution in [2.45, 2.75) is 32.4 Å². The van der Waals surface area contributed by atoms with E-state index in [9.17, 15) is 4.79 Å². The van der Waals surface area contributed by atoms with Crippen LogP contribution in [0, 0.1) is 6.92 Å². The number of carbonyl (C=O) groups is 1. The number of methoxy groups -OCH3 is 1. The van der Waals surface area contributed by atoms with Gasteiger partial charge in [0.1, 0.15) is 24.0 Å². The van der Waals surface area contributed by atoms with Crippen molar-refractivity contribution in [3.05, 3.63) is 58.3 Å². The highest BCUT2D eigenvalue weighted by molar-refractivity contribution is 6.15. The number of fused-ring (bicyclic) bond motifs is 2. The van der Waals surface area contributed by atoms with Gasteiger partial charge in [0.2, 0.25) is 5.78 Å². The van der Waals surface area contributed by atoms with Crippen LogP contribution >= 0.6 is 0 Å². The molecular weight excluding hydrogens is 342 g/mol. The molecule has 0 amide bonds. The first kappa shape index (κ1) is 16.4. The Morgan fingerprint density at radius 1 is 1.22 bits per heavy atom. The second kappa shape index (κ2) is 6.13. The van der Waals surface area contributed by atoms with Crippen molar-refractivity contribution in [3.8, 4) is 17.2 Å². The van der Waals surface area contributed by atoms with Crippen LogP contribution in [0.25, 0.3) is 6.08 Å². The molecule has 0 unspecified atom stereocenters. The summed E-state index contributed by atoms with van der Waals surface area (Å²) in [4.78, 5) is 15.3. The third-order valence-corrected chi connectivity index (χ3v) is 5.45. The molecule has 0 spiro atoms. The van der Waals surface area contributed by atoms with E-state index >= 15 is 0 Å². The number of hydrogen-bond acceptors (Lipinski definition) is 5. The van der Waals surface area contributed by atoms with Crippen LogP contribution in [0.4, 0.5) is 0 Å². The first-order valence-electron chi connectivity index (χ1n) is 9.26. The molecule has 5 heteroatoms. The number of benzene rings is 2. The fraction of sp³-hybridized carbons (Fsp3) is 0.318. The quantitative estimate of drug-likeness (QED) is 0.773. The van der Waals surface area contributed by atoms with Crippen LogP contribution in [0.5, 0.6) is 17.2 Å². The molecule has 138 valence electrons. The van der Waals surface area contributed by atoms with E-state index in [4.69, 9.17) is 14.2 Å². The Morgan fingerprint density at radius 2 is 2.04 bits per heavy atom. The van der Waals surface area contributed by atoms with Gasteiger partial charge in [0.25, 0.3) is 0 Å². The smallest absolute Gasteiger partial charge is 0.231 e. The van der Waals surface area contributed by atoms with Crippen LogP contribution in [0.3, 0.4) is 0 Å². The van der Waals surface area contributed by atoms with Gasteiger partial charge < -0.3 is 14.2 Å². The molecule has 0 N–H and O–H groups in total. The molecule has 2 aromatic rings. The third kappa shape index (κ3) is 2.70. The summed E-state index contributed by atoms with van der Waals surface area (Å²) in [6.45, 7) is 3.39. The number of ketones is 1. The molecule has 1 aliphatic carbocycles. The number of rotatable bonds is 3. The predicted octanol–water partition coefficient (Wildman–Crippen LogP) is 3.93. The lowest BCUT2D eigenvalue weighted by molar-refractivity contribution is 0.0872. The standard InChI is InChI=1S/C22H21NO4/c1-13-21-15(11-23(12-26-21)16-7-8-16)9-17-20(24)19(27-22(13)17)10-14-5-3-4-6-18(14)25-2/h3-6,9-10,16H,7-8,11-12H2,1-2H3. The van der Waals surface area contributed by atoms with Gasteiger partial charge in [0, 0.05) is 29.3 Å². The van der Waals surface area contributed by atoms with Gasteiger partial charge in [-0.2, -0.15) is 0 Å². The van der Waals surface area contributed by atoms with Gasteiger partial charge in [-0.05, 0) is 38.0 Å². The molecule has 27 heavy (non-hydrogen) atoms. The number of para-hydroxylation sites is 1. The third-order valence-electron chi connectivity index (χ3n) is 5.45. The molecule has 1 saturated carbocycles. The van der Waals surface area contributed by atoms with Crippen LogP contribution in [0.15, 0.2) is 36.1 Å². The van der Waals surface area contributed by atoms with Crippen molar-refractivity contribution in [1.29, 1.82) is 0 Å². The van der Waals surface area contributed by atoms with Gasteiger partial charge in [-0.3, -0.25) is 9.69 Å². The number of allylic oxidation sites excluding steroid dienone is 1. The Kier molecular flexibility index (Phi) is 3.72. The minimum absolute atomic E-state index is 0.0923. The summed E-state index contributed by atoms with van der Waals surface area (Å²) in [5.74, 6) is 2.40.